The van der Waals surface area contributed by atoms with Crippen molar-refractivity contribution in [3.05, 3.63) is 18.0 Å². The van der Waals surface area contributed by atoms with Crippen LogP contribution in [0.15, 0.2) is 12.3 Å². The normalized spacial score (nSPS) is 24.2. The SMILES string of the molecule is CNC1CCC(Nc2ncc3cc4n(c3n2)CCN(C)C4=O)CC1. The summed E-state index contributed by atoms with van der Waals surface area (Å²) in [6, 6.07) is 2.96. The van der Waals surface area contributed by atoms with Crippen LogP contribution in [0.3, 0.4) is 0 Å². The molecule has 2 aromatic heterocycles. The number of rotatable bonds is 3. The third-order valence-corrected chi connectivity index (χ3v) is 5.33. The molecule has 1 aliphatic carbocycles. The van der Waals surface area contributed by atoms with Crippen molar-refractivity contribution in [1.29, 1.82) is 0 Å². The Bertz CT molecular complexity index is 762. The van der Waals surface area contributed by atoms with Gasteiger partial charge in [-0.1, -0.05) is 0 Å². The number of nitrogens with zero attached hydrogens (tertiary/aromatic N) is 4. The first-order valence-corrected chi connectivity index (χ1v) is 8.71. The average molecular weight is 328 g/mol. The molecule has 4 rings (SSSR count). The Labute approximate surface area is 141 Å². The number of amides is 1. The Morgan fingerprint density at radius 2 is 1.92 bits per heavy atom. The number of nitrogens with one attached hydrogen (secondary N) is 2. The summed E-state index contributed by atoms with van der Waals surface area (Å²) in [6.45, 7) is 1.50. The standard InChI is InChI=1S/C17H24N6O/c1-18-12-3-5-13(6-4-12)20-17-19-10-11-9-14-16(24)22(2)7-8-23(14)15(11)21-17/h9-10,12-13,18H,3-8H2,1-2H3,(H,19,20,21). The fourth-order valence-corrected chi connectivity index (χ4v) is 3.77. The number of fused-ring (bicyclic) bond motifs is 3. The van der Waals surface area contributed by atoms with E-state index < -0.39 is 0 Å². The molecule has 1 fully saturated rings. The lowest BCUT2D eigenvalue weighted by Gasteiger charge is -2.28. The summed E-state index contributed by atoms with van der Waals surface area (Å²) in [6.07, 6.45) is 6.43. The van der Waals surface area contributed by atoms with Crippen molar-refractivity contribution in [2.45, 2.75) is 44.3 Å². The molecule has 2 aromatic rings. The predicted octanol–water partition coefficient (Wildman–Crippen LogP) is 1.46. The number of carbonyl (C=O) groups excluding carboxylic acids is 1. The van der Waals surface area contributed by atoms with E-state index >= 15 is 0 Å². The van der Waals surface area contributed by atoms with Crippen molar-refractivity contribution in [3.63, 3.8) is 0 Å². The molecule has 24 heavy (non-hydrogen) atoms. The topological polar surface area (TPSA) is 75.1 Å². The van der Waals surface area contributed by atoms with Gasteiger partial charge in [0, 0.05) is 43.8 Å². The molecule has 0 atom stereocenters. The summed E-state index contributed by atoms with van der Waals surface area (Å²) in [4.78, 5) is 23.2. The van der Waals surface area contributed by atoms with Crippen LogP contribution in [0.25, 0.3) is 11.0 Å². The predicted molar refractivity (Wildman–Crippen MR) is 93.2 cm³/mol. The van der Waals surface area contributed by atoms with E-state index in [1.165, 1.54) is 12.8 Å². The van der Waals surface area contributed by atoms with E-state index in [0.29, 0.717) is 23.7 Å². The van der Waals surface area contributed by atoms with E-state index in [0.717, 1.165) is 37.0 Å². The maximum absolute atomic E-state index is 12.3. The zero-order valence-corrected chi connectivity index (χ0v) is 14.2. The van der Waals surface area contributed by atoms with E-state index in [2.05, 4.69) is 15.6 Å². The number of aromatic nitrogens is 3. The molecule has 2 aliphatic rings. The van der Waals surface area contributed by atoms with E-state index in [4.69, 9.17) is 4.98 Å². The fourth-order valence-electron chi connectivity index (χ4n) is 3.77. The monoisotopic (exact) mass is 328 g/mol. The van der Waals surface area contributed by atoms with Gasteiger partial charge in [-0.2, -0.15) is 4.98 Å². The minimum atomic E-state index is 0.0548. The van der Waals surface area contributed by atoms with Crippen molar-refractivity contribution in [2.24, 2.45) is 0 Å². The van der Waals surface area contributed by atoms with Crippen LogP contribution >= 0.6 is 0 Å². The van der Waals surface area contributed by atoms with Crippen LogP contribution in [0.2, 0.25) is 0 Å². The third kappa shape index (κ3) is 2.62. The molecule has 0 aromatic carbocycles. The van der Waals surface area contributed by atoms with E-state index in [9.17, 15) is 4.79 Å². The third-order valence-electron chi connectivity index (χ3n) is 5.33. The van der Waals surface area contributed by atoms with Crippen LogP contribution in [-0.4, -0.2) is 58.1 Å². The number of anilines is 1. The number of likely N-dealkylation sites (N-methyl/N-ethyl adjacent to an activating group) is 1. The Kier molecular flexibility index (Phi) is 3.88. The van der Waals surface area contributed by atoms with Crippen LogP contribution in [-0.2, 0) is 6.54 Å². The number of carbonyl (C=O) groups is 1. The van der Waals surface area contributed by atoms with Gasteiger partial charge in [0.2, 0.25) is 5.95 Å². The molecule has 7 nitrogen and oxygen atoms in total. The molecule has 1 saturated carbocycles. The lowest BCUT2D eigenvalue weighted by Crippen LogP contribution is -2.37. The van der Waals surface area contributed by atoms with E-state index in [1.54, 1.807) is 4.90 Å². The van der Waals surface area contributed by atoms with E-state index in [-0.39, 0.29) is 5.91 Å². The molecule has 3 heterocycles. The Morgan fingerprint density at radius 1 is 1.17 bits per heavy atom. The molecule has 0 radical (unpaired) electrons. The van der Waals surface area contributed by atoms with Crippen LogP contribution in [0.1, 0.15) is 36.2 Å². The number of hydrogen-bond donors (Lipinski definition) is 2. The van der Waals surface area contributed by atoms with Gasteiger partial charge in [-0.05, 0) is 38.8 Å². The average Bonchev–Trinajstić information content (AvgIpc) is 2.98. The molecule has 0 saturated heterocycles. The molecule has 2 N–H and O–H groups in total. The highest BCUT2D eigenvalue weighted by molar-refractivity contribution is 5.98. The molecular formula is C17H24N6O. The maximum atomic E-state index is 12.3. The highest BCUT2D eigenvalue weighted by Crippen LogP contribution is 2.24. The van der Waals surface area contributed by atoms with Gasteiger partial charge >= 0.3 is 0 Å². The van der Waals surface area contributed by atoms with Crippen LogP contribution in [0, 0.1) is 0 Å². The quantitative estimate of drug-likeness (QED) is 0.892. The summed E-state index contributed by atoms with van der Waals surface area (Å²) in [5.41, 5.74) is 1.56. The van der Waals surface area contributed by atoms with Gasteiger partial charge in [-0.15, -0.1) is 0 Å². The Hall–Kier alpha value is -2.15. The zero-order chi connectivity index (χ0) is 16.7. The molecule has 7 heteroatoms. The second-order valence-corrected chi connectivity index (χ2v) is 6.86. The molecular weight excluding hydrogens is 304 g/mol. The van der Waals surface area contributed by atoms with Gasteiger partial charge in [0.1, 0.15) is 11.3 Å². The summed E-state index contributed by atoms with van der Waals surface area (Å²) in [7, 11) is 3.87. The second-order valence-electron chi connectivity index (χ2n) is 6.86. The molecule has 1 amide bonds. The maximum Gasteiger partial charge on any atom is 0.270 e. The minimum absolute atomic E-state index is 0.0548. The summed E-state index contributed by atoms with van der Waals surface area (Å²) in [5, 5.41) is 7.76. The van der Waals surface area contributed by atoms with Crippen molar-refractivity contribution in [3.8, 4) is 0 Å². The van der Waals surface area contributed by atoms with Gasteiger partial charge < -0.3 is 20.1 Å². The minimum Gasteiger partial charge on any atom is -0.351 e. The fraction of sp³-hybridized carbons (Fsp3) is 0.588. The molecule has 0 bridgehead atoms. The van der Waals surface area contributed by atoms with Crippen molar-refractivity contribution >= 4 is 22.9 Å². The van der Waals surface area contributed by atoms with Crippen molar-refractivity contribution in [1.82, 2.24) is 24.8 Å². The highest BCUT2D eigenvalue weighted by atomic mass is 16.2. The van der Waals surface area contributed by atoms with Crippen molar-refractivity contribution in [2.75, 3.05) is 26.0 Å². The summed E-state index contributed by atoms with van der Waals surface area (Å²) in [5.74, 6) is 0.724. The van der Waals surface area contributed by atoms with Crippen molar-refractivity contribution < 1.29 is 4.79 Å². The first kappa shape index (κ1) is 15.4. The van der Waals surface area contributed by atoms with Gasteiger partial charge in [0.15, 0.2) is 0 Å². The zero-order valence-electron chi connectivity index (χ0n) is 14.2. The van der Waals surface area contributed by atoms with Crippen LogP contribution in [0.4, 0.5) is 5.95 Å². The lowest BCUT2D eigenvalue weighted by molar-refractivity contribution is 0.0751. The summed E-state index contributed by atoms with van der Waals surface area (Å²) >= 11 is 0. The van der Waals surface area contributed by atoms with Gasteiger partial charge in [-0.3, -0.25) is 4.79 Å². The van der Waals surface area contributed by atoms with E-state index in [1.807, 2.05) is 30.9 Å². The van der Waals surface area contributed by atoms with Crippen LogP contribution in [0.5, 0.6) is 0 Å². The number of hydrogen-bond acceptors (Lipinski definition) is 5. The smallest absolute Gasteiger partial charge is 0.270 e. The molecule has 1 aliphatic heterocycles. The lowest BCUT2D eigenvalue weighted by atomic mass is 9.91. The Morgan fingerprint density at radius 3 is 2.67 bits per heavy atom. The largest absolute Gasteiger partial charge is 0.351 e. The molecule has 128 valence electrons. The highest BCUT2D eigenvalue weighted by Gasteiger charge is 2.25. The second kappa shape index (κ2) is 6.05. The first-order valence-electron chi connectivity index (χ1n) is 8.71. The van der Waals surface area contributed by atoms with Gasteiger partial charge in [0.25, 0.3) is 5.91 Å². The Balaban J connectivity index is 1.57. The van der Waals surface area contributed by atoms with Crippen LogP contribution < -0.4 is 10.6 Å². The summed E-state index contributed by atoms with van der Waals surface area (Å²) < 4.78 is 2.02. The molecule has 0 spiro atoms. The molecule has 0 unspecified atom stereocenters. The first-order chi connectivity index (χ1) is 11.7. The van der Waals surface area contributed by atoms with Gasteiger partial charge in [0.05, 0.1) is 0 Å². The van der Waals surface area contributed by atoms with Gasteiger partial charge in [-0.25, -0.2) is 4.98 Å².